The minimum atomic E-state index is -0.125. The van der Waals surface area contributed by atoms with Gasteiger partial charge in [0.05, 0.1) is 26.0 Å². The lowest BCUT2D eigenvalue weighted by Crippen LogP contribution is -2.36. The van der Waals surface area contributed by atoms with Crippen LogP contribution >= 0.6 is 15.9 Å². The van der Waals surface area contributed by atoms with E-state index in [9.17, 15) is 4.79 Å². The third-order valence-electron chi connectivity index (χ3n) is 3.65. The lowest BCUT2D eigenvalue weighted by molar-refractivity contribution is -0.128. The van der Waals surface area contributed by atoms with Crippen LogP contribution in [0.5, 0.6) is 0 Å². The molecule has 1 aliphatic heterocycles. The number of Topliss-reactive ketones (excluding diaryl/α,β-unsaturated/α-hetero) is 1. The van der Waals surface area contributed by atoms with Gasteiger partial charge in [0.25, 0.3) is 0 Å². The molecule has 112 valence electrons. The first kappa shape index (κ1) is 17.1. The summed E-state index contributed by atoms with van der Waals surface area (Å²) in [4.78, 5) is 12.1. The van der Waals surface area contributed by atoms with Gasteiger partial charge < -0.3 is 9.47 Å². The normalized spacial score (nSPS) is 21.6. The summed E-state index contributed by atoms with van der Waals surface area (Å²) in [6.45, 7) is 8.95. The lowest BCUT2D eigenvalue weighted by atomic mass is 9.75. The van der Waals surface area contributed by atoms with E-state index in [1.807, 2.05) is 0 Å². The first-order valence-corrected chi connectivity index (χ1v) is 8.12. The molecule has 1 aliphatic rings. The van der Waals surface area contributed by atoms with Crippen LogP contribution in [0, 0.1) is 11.3 Å². The van der Waals surface area contributed by atoms with Gasteiger partial charge in [-0.1, -0.05) is 36.7 Å². The SMILES string of the molecule is CCC(C(=O)CCBr)C(C)(C)COCC1CNCO1. The third-order valence-corrected chi connectivity index (χ3v) is 4.05. The number of halogens is 1. The van der Waals surface area contributed by atoms with E-state index in [2.05, 4.69) is 42.0 Å². The highest BCUT2D eigenvalue weighted by molar-refractivity contribution is 9.09. The van der Waals surface area contributed by atoms with Gasteiger partial charge in [0.15, 0.2) is 0 Å². The smallest absolute Gasteiger partial charge is 0.137 e. The molecule has 0 bridgehead atoms. The van der Waals surface area contributed by atoms with Gasteiger partial charge in [-0.05, 0) is 11.8 Å². The average molecular weight is 336 g/mol. The van der Waals surface area contributed by atoms with E-state index in [4.69, 9.17) is 9.47 Å². The summed E-state index contributed by atoms with van der Waals surface area (Å²) in [5, 5.41) is 3.86. The number of hydrogen-bond acceptors (Lipinski definition) is 4. The topological polar surface area (TPSA) is 47.6 Å². The molecule has 1 rings (SSSR count). The first-order valence-electron chi connectivity index (χ1n) is 7.00. The number of carbonyl (C=O) groups is 1. The number of nitrogens with one attached hydrogen (secondary N) is 1. The zero-order valence-electron chi connectivity index (χ0n) is 12.2. The number of hydrogen-bond donors (Lipinski definition) is 1. The highest BCUT2D eigenvalue weighted by atomic mass is 79.9. The molecule has 1 N–H and O–H groups in total. The van der Waals surface area contributed by atoms with Gasteiger partial charge in [-0.15, -0.1) is 0 Å². The summed E-state index contributed by atoms with van der Waals surface area (Å²) in [7, 11) is 0. The molecule has 0 radical (unpaired) electrons. The van der Waals surface area contributed by atoms with Crippen LogP contribution in [-0.4, -0.2) is 43.7 Å². The van der Waals surface area contributed by atoms with Crippen LogP contribution in [0.4, 0.5) is 0 Å². The molecule has 0 aromatic carbocycles. The van der Waals surface area contributed by atoms with Crippen LogP contribution < -0.4 is 5.32 Å². The van der Waals surface area contributed by atoms with Crippen LogP contribution in [0.25, 0.3) is 0 Å². The predicted octanol–water partition coefficient (Wildman–Crippen LogP) is 2.36. The van der Waals surface area contributed by atoms with E-state index in [1.165, 1.54) is 0 Å². The highest BCUT2D eigenvalue weighted by Gasteiger charge is 2.33. The molecule has 0 amide bonds. The fourth-order valence-electron chi connectivity index (χ4n) is 2.60. The van der Waals surface area contributed by atoms with Crippen molar-refractivity contribution in [3.63, 3.8) is 0 Å². The molecule has 0 aromatic heterocycles. The monoisotopic (exact) mass is 335 g/mol. The van der Waals surface area contributed by atoms with E-state index >= 15 is 0 Å². The van der Waals surface area contributed by atoms with Crippen molar-refractivity contribution in [2.75, 3.05) is 31.8 Å². The summed E-state index contributed by atoms with van der Waals surface area (Å²) in [6.07, 6.45) is 1.61. The summed E-state index contributed by atoms with van der Waals surface area (Å²) in [6, 6.07) is 0. The Morgan fingerprint density at radius 1 is 1.58 bits per heavy atom. The van der Waals surface area contributed by atoms with Crippen molar-refractivity contribution in [1.29, 1.82) is 0 Å². The maximum Gasteiger partial charge on any atom is 0.137 e. The van der Waals surface area contributed by atoms with E-state index < -0.39 is 0 Å². The Morgan fingerprint density at radius 3 is 2.84 bits per heavy atom. The zero-order chi connectivity index (χ0) is 14.3. The van der Waals surface area contributed by atoms with E-state index in [1.54, 1.807) is 0 Å². The summed E-state index contributed by atoms with van der Waals surface area (Å²) in [5.41, 5.74) is -0.125. The number of ketones is 1. The maximum absolute atomic E-state index is 12.1. The molecule has 2 unspecified atom stereocenters. The second kappa shape index (κ2) is 8.35. The molecule has 1 fully saturated rings. The molecule has 0 aromatic rings. The third kappa shape index (κ3) is 5.50. The van der Waals surface area contributed by atoms with Crippen molar-refractivity contribution in [2.24, 2.45) is 11.3 Å². The Labute approximate surface area is 124 Å². The van der Waals surface area contributed by atoms with Gasteiger partial charge in [-0.3, -0.25) is 10.1 Å². The number of rotatable bonds is 9. The van der Waals surface area contributed by atoms with Crippen molar-refractivity contribution < 1.29 is 14.3 Å². The fraction of sp³-hybridized carbons (Fsp3) is 0.929. The van der Waals surface area contributed by atoms with Crippen LogP contribution in [0.1, 0.15) is 33.6 Å². The minimum absolute atomic E-state index is 0.0627. The number of alkyl halides is 1. The molecule has 0 saturated carbocycles. The Kier molecular flexibility index (Phi) is 7.50. The Balaban J connectivity index is 2.40. The van der Waals surface area contributed by atoms with Crippen molar-refractivity contribution in [3.8, 4) is 0 Å². The van der Waals surface area contributed by atoms with Gasteiger partial charge in [0, 0.05) is 24.2 Å². The summed E-state index contributed by atoms with van der Waals surface area (Å²) in [5.74, 6) is 0.388. The highest BCUT2D eigenvalue weighted by Crippen LogP contribution is 2.31. The minimum Gasteiger partial charge on any atom is -0.378 e. The molecule has 0 spiro atoms. The number of ether oxygens (including phenoxy) is 2. The molecule has 0 aliphatic carbocycles. The standard InChI is InChI=1S/C14H26BrNO3/c1-4-12(13(17)5-6-15)14(2,3)9-18-8-11-7-16-10-19-11/h11-12,16H,4-10H2,1-3H3. The van der Waals surface area contributed by atoms with Gasteiger partial charge in [0.1, 0.15) is 5.78 Å². The largest absolute Gasteiger partial charge is 0.378 e. The molecule has 4 nitrogen and oxygen atoms in total. The Hall–Kier alpha value is 0.0300. The maximum atomic E-state index is 12.1. The second-order valence-corrected chi connectivity index (χ2v) is 6.55. The van der Waals surface area contributed by atoms with Gasteiger partial charge in [-0.2, -0.15) is 0 Å². The lowest BCUT2D eigenvalue weighted by Gasteiger charge is -2.32. The van der Waals surface area contributed by atoms with Gasteiger partial charge >= 0.3 is 0 Å². The van der Waals surface area contributed by atoms with Crippen LogP contribution in [-0.2, 0) is 14.3 Å². The summed E-state index contributed by atoms with van der Waals surface area (Å²) >= 11 is 3.34. The Bertz CT molecular complexity index is 278. The quantitative estimate of drug-likeness (QED) is 0.657. The zero-order valence-corrected chi connectivity index (χ0v) is 13.8. The average Bonchev–Trinajstić information content (AvgIpc) is 2.82. The van der Waals surface area contributed by atoms with E-state index in [-0.39, 0.29) is 17.4 Å². The van der Waals surface area contributed by atoms with Crippen LogP contribution in [0.15, 0.2) is 0 Å². The van der Waals surface area contributed by atoms with Crippen molar-refractivity contribution in [2.45, 2.75) is 39.7 Å². The first-order chi connectivity index (χ1) is 9.01. The van der Waals surface area contributed by atoms with Crippen molar-refractivity contribution in [1.82, 2.24) is 5.32 Å². The van der Waals surface area contributed by atoms with Crippen molar-refractivity contribution in [3.05, 3.63) is 0 Å². The number of carbonyl (C=O) groups excluding carboxylic acids is 1. The molecule has 1 saturated heterocycles. The van der Waals surface area contributed by atoms with Gasteiger partial charge in [0.2, 0.25) is 0 Å². The molecule has 1 heterocycles. The van der Waals surface area contributed by atoms with Crippen LogP contribution in [0.3, 0.4) is 0 Å². The van der Waals surface area contributed by atoms with Crippen molar-refractivity contribution >= 4 is 21.7 Å². The predicted molar refractivity (Wildman–Crippen MR) is 79.5 cm³/mol. The molecular formula is C14H26BrNO3. The molecule has 5 heteroatoms. The van der Waals surface area contributed by atoms with Crippen LogP contribution in [0.2, 0.25) is 0 Å². The summed E-state index contributed by atoms with van der Waals surface area (Å²) < 4.78 is 11.2. The molecule has 19 heavy (non-hydrogen) atoms. The Morgan fingerprint density at radius 2 is 2.32 bits per heavy atom. The molecular weight excluding hydrogens is 310 g/mol. The van der Waals surface area contributed by atoms with Gasteiger partial charge in [-0.25, -0.2) is 0 Å². The van der Waals surface area contributed by atoms with E-state index in [0.29, 0.717) is 32.1 Å². The van der Waals surface area contributed by atoms with E-state index in [0.717, 1.165) is 18.3 Å². The fourth-order valence-corrected chi connectivity index (χ4v) is 2.99. The molecule has 2 atom stereocenters. The second-order valence-electron chi connectivity index (χ2n) is 5.76.